The standard InChI is InChI=1S/C10H11NO3/c1-11(7-12)9-6-4-3-5-8(9)10(13)14-2/h3-7H,1-2H3. The first kappa shape index (κ1) is 10.2. The van der Waals surface area contributed by atoms with E-state index in [-0.39, 0.29) is 0 Å². The molecule has 0 fully saturated rings. The first-order valence-corrected chi connectivity index (χ1v) is 4.06. The summed E-state index contributed by atoms with van der Waals surface area (Å²) in [6.07, 6.45) is 0.641. The second kappa shape index (κ2) is 4.41. The van der Waals surface area contributed by atoms with Crippen LogP contribution in [0.25, 0.3) is 0 Å². The summed E-state index contributed by atoms with van der Waals surface area (Å²) in [6.45, 7) is 0. The second-order valence-corrected chi connectivity index (χ2v) is 2.73. The van der Waals surface area contributed by atoms with E-state index in [1.165, 1.54) is 12.0 Å². The van der Waals surface area contributed by atoms with Crippen LogP contribution >= 0.6 is 0 Å². The Labute approximate surface area is 82.1 Å². The minimum atomic E-state index is -0.450. The van der Waals surface area contributed by atoms with Crippen molar-refractivity contribution in [3.8, 4) is 0 Å². The van der Waals surface area contributed by atoms with Crippen molar-refractivity contribution >= 4 is 18.1 Å². The average molecular weight is 193 g/mol. The van der Waals surface area contributed by atoms with E-state index in [1.54, 1.807) is 31.3 Å². The fraction of sp³-hybridized carbons (Fsp3) is 0.200. The number of rotatable bonds is 3. The molecule has 1 aromatic carbocycles. The molecule has 0 spiro atoms. The maximum absolute atomic E-state index is 11.3. The molecule has 0 atom stereocenters. The minimum absolute atomic E-state index is 0.379. The molecular formula is C10H11NO3. The molecule has 0 unspecified atom stereocenters. The van der Waals surface area contributed by atoms with Crippen molar-refractivity contribution in [1.82, 2.24) is 0 Å². The van der Waals surface area contributed by atoms with Crippen LogP contribution in [0.15, 0.2) is 24.3 Å². The van der Waals surface area contributed by atoms with Crippen LogP contribution in [-0.4, -0.2) is 26.5 Å². The van der Waals surface area contributed by atoms with Gasteiger partial charge in [-0.15, -0.1) is 0 Å². The number of ether oxygens (including phenoxy) is 1. The molecule has 4 heteroatoms. The Bertz CT molecular complexity index is 349. The second-order valence-electron chi connectivity index (χ2n) is 2.73. The maximum Gasteiger partial charge on any atom is 0.339 e. The van der Waals surface area contributed by atoms with Crippen molar-refractivity contribution < 1.29 is 14.3 Å². The zero-order chi connectivity index (χ0) is 10.6. The van der Waals surface area contributed by atoms with Gasteiger partial charge in [-0.1, -0.05) is 12.1 Å². The highest BCUT2D eigenvalue weighted by Crippen LogP contribution is 2.18. The average Bonchev–Trinajstić information content (AvgIpc) is 2.27. The molecule has 0 heterocycles. The van der Waals surface area contributed by atoms with Gasteiger partial charge in [-0.3, -0.25) is 4.79 Å². The van der Waals surface area contributed by atoms with Crippen molar-refractivity contribution in [2.75, 3.05) is 19.1 Å². The van der Waals surface area contributed by atoms with Crippen LogP contribution in [0, 0.1) is 0 Å². The molecule has 0 aliphatic heterocycles. The molecule has 0 aliphatic rings. The molecule has 0 saturated carbocycles. The first-order chi connectivity index (χ1) is 6.70. The lowest BCUT2D eigenvalue weighted by atomic mass is 10.1. The van der Waals surface area contributed by atoms with Crippen molar-refractivity contribution in [3.63, 3.8) is 0 Å². The zero-order valence-electron chi connectivity index (χ0n) is 8.06. The van der Waals surface area contributed by atoms with Crippen LogP contribution in [0.3, 0.4) is 0 Å². The summed E-state index contributed by atoms with van der Waals surface area (Å²) in [7, 11) is 2.88. The zero-order valence-corrected chi connectivity index (χ0v) is 8.06. The van der Waals surface area contributed by atoms with Crippen molar-refractivity contribution in [2.24, 2.45) is 0 Å². The highest BCUT2D eigenvalue weighted by Gasteiger charge is 2.12. The smallest absolute Gasteiger partial charge is 0.339 e. The molecule has 0 N–H and O–H groups in total. The molecule has 0 saturated heterocycles. The highest BCUT2D eigenvalue weighted by molar-refractivity contribution is 5.98. The number of benzene rings is 1. The van der Waals surface area contributed by atoms with E-state index in [2.05, 4.69) is 4.74 Å². The number of hydrogen-bond acceptors (Lipinski definition) is 3. The lowest BCUT2D eigenvalue weighted by molar-refractivity contribution is -0.107. The summed E-state index contributed by atoms with van der Waals surface area (Å²) in [5.41, 5.74) is 0.916. The van der Waals surface area contributed by atoms with E-state index in [1.807, 2.05) is 0 Å². The number of methoxy groups -OCH3 is 1. The molecule has 0 aliphatic carbocycles. The molecule has 4 nitrogen and oxygen atoms in total. The molecular weight excluding hydrogens is 182 g/mol. The van der Waals surface area contributed by atoms with Gasteiger partial charge < -0.3 is 9.64 Å². The molecule has 1 rings (SSSR count). The lowest BCUT2D eigenvalue weighted by Crippen LogP contribution is -2.17. The number of carbonyl (C=O) groups is 2. The molecule has 0 radical (unpaired) electrons. The number of esters is 1. The first-order valence-electron chi connectivity index (χ1n) is 4.06. The largest absolute Gasteiger partial charge is 0.465 e. The van der Waals surface area contributed by atoms with E-state index >= 15 is 0 Å². The molecule has 14 heavy (non-hydrogen) atoms. The Morgan fingerprint density at radius 3 is 2.64 bits per heavy atom. The Hall–Kier alpha value is -1.84. The van der Waals surface area contributed by atoms with Crippen molar-refractivity contribution in [3.05, 3.63) is 29.8 Å². The topological polar surface area (TPSA) is 46.6 Å². The van der Waals surface area contributed by atoms with Crippen LogP contribution in [0.2, 0.25) is 0 Å². The Morgan fingerprint density at radius 1 is 1.43 bits per heavy atom. The summed E-state index contributed by atoms with van der Waals surface area (Å²) in [6, 6.07) is 6.76. The molecule has 0 bridgehead atoms. The Kier molecular flexibility index (Phi) is 3.23. The van der Waals surface area contributed by atoms with E-state index in [0.29, 0.717) is 17.7 Å². The van der Waals surface area contributed by atoms with Gasteiger partial charge in [-0.25, -0.2) is 4.79 Å². The lowest BCUT2D eigenvalue weighted by Gasteiger charge is -2.13. The molecule has 1 aromatic rings. The van der Waals surface area contributed by atoms with Gasteiger partial charge in [0.05, 0.1) is 18.4 Å². The Morgan fingerprint density at radius 2 is 2.07 bits per heavy atom. The van der Waals surface area contributed by atoms with E-state index in [4.69, 9.17) is 0 Å². The summed E-state index contributed by atoms with van der Waals surface area (Å²) >= 11 is 0. The Balaban J connectivity index is 3.15. The monoisotopic (exact) mass is 193 g/mol. The third-order valence-corrected chi connectivity index (χ3v) is 1.85. The third-order valence-electron chi connectivity index (χ3n) is 1.85. The minimum Gasteiger partial charge on any atom is -0.465 e. The van der Waals surface area contributed by atoms with Crippen LogP contribution in [0.1, 0.15) is 10.4 Å². The molecule has 0 aromatic heterocycles. The van der Waals surface area contributed by atoms with E-state index < -0.39 is 5.97 Å². The van der Waals surface area contributed by atoms with Crippen molar-refractivity contribution in [2.45, 2.75) is 0 Å². The van der Waals surface area contributed by atoms with Gasteiger partial charge in [0.15, 0.2) is 0 Å². The summed E-state index contributed by atoms with van der Waals surface area (Å²) in [5.74, 6) is -0.450. The predicted octanol–water partition coefficient (Wildman–Crippen LogP) is 1.07. The maximum atomic E-state index is 11.3. The number of anilines is 1. The highest BCUT2D eigenvalue weighted by atomic mass is 16.5. The quantitative estimate of drug-likeness (QED) is 0.532. The SMILES string of the molecule is COC(=O)c1ccccc1N(C)C=O. The number of nitrogens with zero attached hydrogens (tertiary/aromatic N) is 1. The van der Waals surface area contributed by atoms with Gasteiger partial charge in [0.1, 0.15) is 0 Å². The normalized spacial score (nSPS) is 9.29. The van der Waals surface area contributed by atoms with Gasteiger partial charge in [-0.2, -0.15) is 0 Å². The predicted molar refractivity (Wildman–Crippen MR) is 52.2 cm³/mol. The number of hydrogen-bond donors (Lipinski definition) is 0. The van der Waals surface area contributed by atoms with Gasteiger partial charge in [0.2, 0.25) is 6.41 Å². The van der Waals surface area contributed by atoms with E-state index in [0.717, 1.165) is 0 Å². The third kappa shape index (κ3) is 1.90. The summed E-state index contributed by atoms with van der Waals surface area (Å²) in [4.78, 5) is 23.2. The fourth-order valence-corrected chi connectivity index (χ4v) is 1.12. The molecule has 1 amide bonds. The van der Waals surface area contributed by atoms with Crippen LogP contribution in [-0.2, 0) is 9.53 Å². The fourth-order valence-electron chi connectivity index (χ4n) is 1.12. The van der Waals surface area contributed by atoms with Crippen LogP contribution in [0.5, 0.6) is 0 Å². The number of amides is 1. The number of para-hydroxylation sites is 1. The van der Waals surface area contributed by atoms with Gasteiger partial charge >= 0.3 is 5.97 Å². The summed E-state index contributed by atoms with van der Waals surface area (Å²) < 4.78 is 4.59. The number of carbonyl (C=O) groups excluding carboxylic acids is 2. The van der Waals surface area contributed by atoms with Gasteiger partial charge in [0, 0.05) is 7.05 Å². The van der Waals surface area contributed by atoms with Crippen LogP contribution < -0.4 is 4.90 Å². The van der Waals surface area contributed by atoms with Crippen LogP contribution in [0.4, 0.5) is 5.69 Å². The summed E-state index contributed by atoms with van der Waals surface area (Å²) in [5, 5.41) is 0. The van der Waals surface area contributed by atoms with Gasteiger partial charge in [0.25, 0.3) is 0 Å². The van der Waals surface area contributed by atoms with Gasteiger partial charge in [-0.05, 0) is 12.1 Å². The molecule has 74 valence electrons. The van der Waals surface area contributed by atoms with Crippen molar-refractivity contribution in [1.29, 1.82) is 0 Å². The van der Waals surface area contributed by atoms with E-state index in [9.17, 15) is 9.59 Å².